The maximum Gasteiger partial charge on any atom is 0.275 e. The predicted octanol–water partition coefficient (Wildman–Crippen LogP) is 2.68. The third-order valence-electron chi connectivity index (χ3n) is 2.06. The molecule has 0 saturated heterocycles. The van der Waals surface area contributed by atoms with E-state index in [-0.39, 0.29) is 17.4 Å². The molecule has 0 aliphatic heterocycles. The van der Waals surface area contributed by atoms with Crippen LogP contribution in [-0.2, 0) is 0 Å². The summed E-state index contributed by atoms with van der Waals surface area (Å²) in [6.07, 6.45) is 2.76. The van der Waals surface area contributed by atoms with E-state index in [1.165, 1.54) is 12.4 Å². The monoisotopic (exact) mass is 418 g/mol. The van der Waals surface area contributed by atoms with Gasteiger partial charge in [-0.05, 0) is 40.8 Å². The van der Waals surface area contributed by atoms with E-state index in [2.05, 4.69) is 53.8 Å². The minimum atomic E-state index is -0.342. The third kappa shape index (κ3) is 3.16. The van der Waals surface area contributed by atoms with E-state index in [9.17, 15) is 4.79 Å². The van der Waals surface area contributed by atoms with Crippen LogP contribution in [0, 0.1) is 3.57 Å². The summed E-state index contributed by atoms with van der Waals surface area (Å²) < 4.78 is 1.82. The molecule has 1 aromatic carbocycles. The van der Waals surface area contributed by atoms with Crippen molar-refractivity contribution in [3.8, 4) is 0 Å². The largest absolute Gasteiger partial charge is 0.382 e. The lowest BCUT2D eigenvalue weighted by Crippen LogP contribution is -2.15. The van der Waals surface area contributed by atoms with Crippen molar-refractivity contribution in [3.63, 3.8) is 0 Å². The van der Waals surface area contributed by atoms with E-state index in [0.717, 1.165) is 8.04 Å². The Hall–Kier alpha value is -1.22. The lowest BCUT2D eigenvalue weighted by atomic mass is 10.3. The molecule has 0 radical (unpaired) electrons. The Kier molecular flexibility index (Phi) is 4.12. The van der Waals surface area contributed by atoms with Crippen molar-refractivity contribution in [1.82, 2.24) is 9.97 Å². The highest BCUT2D eigenvalue weighted by molar-refractivity contribution is 14.1. The van der Waals surface area contributed by atoms with Crippen molar-refractivity contribution < 1.29 is 4.79 Å². The van der Waals surface area contributed by atoms with Gasteiger partial charge >= 0.3 is 0 Å². The molecule has 0 saturated carbocycles. The fourth-order valence-electron chi connectivity index (χ4n) is 1.27. The van der Waals surface area contributed by atoms with Gasteiger partial charge in [-0.2, -0.15) is 0 Å². The molecular weight excluding hydrogens is 411 g/mol. The van der Waals surface area contributed by atoms with Crippen LogP contribution in [0.1, 0.15) is 10.5 Å². The molecule has 1 aromatic heterocycles. The average Bonchev–Trinajstić information content (AvgIpc) is 2.34. The van der Waals surface area contributed by atoms with E-state index in [0.29, 0.717) is 5.69 Å². The number of nitrogen functional groups attached to an aromatic ring is 1. The van der Waals surface area contributed by atoms with Crippen LogP contribution in [0.3, 0.4) is 0 Å². The summed E-state index contributed by atoms with van der Waals surface area (Å²) in [5.41, 5.74) is 6.37. The second-order valence-electron chi connectivity index (χ2n) is 3.41. The smallest absolute Gasteiger partial charge is 0.275 e. The van der Waals surface area contributed by atoms with E-state index in [1.54, 1.807) is 0 Å². The van der Waals surface area contributed by atoms with Crippen molar-refractivity contribution in [2.24, 2.45) is 0 Å². The molecule has 0 unspecified atom stereocenters. The number of nitrogens with zero attached hydrogens (tertiary/aromatic N) is 2. The van der Waals surface area contributed by atoms with E-state index < -0.39 is 0 Å². The summed E-state index contributed by atoms with van der Waals surface area (Å²) in [5.74, 6) is -0.127. The summed E-state index contributed by atoms with van der Waals surface area (Å²) in [5, 5.41) is 2.76. The number of carbonyl (C=O) groups is 1. The molecule has 0 fully saturated rings. The Bertz CT molecular complexity index is 605. The molecule has 92 valence electrons. The first-order valence-corrected chi connectivity index (χ1v) is 6.77. The van der Waals surface area contributed by atoms with Crippen LogP contribution >= 0.6 is 38.5 Å². The van der Waals surface area contributed by atoms with E-state index in [1.807, 2.05) is 18.2 Å². The van der Waals surface area contributed by atoms with Crippen LogP contribution in [0.15, 0.2) is 35.1 Å². The molecule has 0 aliphatic carbocycles. The number of aromatic nitrogens is 2. The SMILES string of the molecule is Nc1cncc(C(=O)Nc2cc(Br)ccc2I)n1. The molecular formula is C11H8BrIN4O. The molecule has 1 amide bonds. The highest BCUT2D eigenvalue weighted by Gasteiger charge is 2.10. The van der Waals surface area contributed by atoms with Crippen molar-refractivity contribution >= 4 is 55.9 Å². The van der Waals surface area contributed by atoms with Crippen LogP contribution in [-0.4, -0.2) is 15.9 Å². The minimum Gasteiger partial charge on any atom is -0.382 e. The molecule has 7 heteroatoms. The lowest BCUT2D eigenvalue weighted by Gasteiger charge is -2.07. The lowest BCUT2D eigenvalue weighted by molar-refractivity contribution is 0.102. The molecule has 3 N–H and O–H groups in total. The standard InChI is InChI=1S/C11H8BrIN4O/c12-6-1-2-7(13)8(3-6)17-11(18)9-4-15-5-10(14)16-9/h1-5H,(H2,14,16)(H,17,18). The van der Waals surface area contributed by atoms with Crippen molar-refractivity contribution in [2.45, 2.75) is 0 Å². The molecule has 0 spiro atoms. The number of benzene rings is 1. The molecule has 0 aliphatic rings. The van der Waals surface area contributed by atoms with Gasteiger partial charge in [0.2, 0.25) is 0 Å². The Morgan fingerprint density at radius 3 is 2.89 bits per heavy atom. The molecule has 2 aromatic rings. The summed E-state index contributed by atoms with van der Waals surface area (Å²) >= 11 is 5.49. The van der Waals surface area contributed by atoms with Gasteiger partial charge < -0.3 is 11.1 Å². The van der Waals surface area contributed by atoms with Gasteiger partial charge in [0, 0.05) is 8.04 Å². The number of nitrogens with two attached hydrogens (primary N) is 1. The number of hydrogen-bond acceptors (Lipinski definition) is 4. The van der Waals surface area contributed by atoms with Gasteiger partial charge in [-0.15, -0.1) is 0 Å². The van der Waals surface area contributed by atoms with Crippen LogP contribution in [0.4, 0.5) is 11.5 Å². The maximum absolute atomic E-state index is 11.9. The summed E-state index contributed by atoms with van der Waals surface area (Å²) in [4.78, 5) is 19.7. The van der Waals surface area contributed by atoms with Gasteiger partial charge in [-0.1, -0.05) is 15.9 Å². The zero-order valence-corrected chi connectivity index (χ0v) is 12.8. The number of nitrogens with one attached hydrogen (secondary N) is 1. The van der Waals surface area contributed by atoms with E-state index in [4.69, 9.17) is 5.73 Å². The van der Waals surface area contributed by atoms with Crippen LogP contribution < -0.4 is 11.1 Å². The summed E-state index contributed by atoms with van der Waals surface area (Å²) in [7, 11) is 0. The van der Waals surface area contributed by atoms with Gasteiger partial charge in [-0.3, -0.25) is 9.78 Å². The van der Waals surface area contributed by atoms with Crippen molar-refractivity contribution in [2.75, 3.05) is 11.1 Å². The number of carbonyl (C=O) groups excluding carboxylic acids is 1. The van der Waals surface area contributed by atoms with E-state index >= 15 is 0 Å². The van der Waals surface area contributed by atoms with Crippen molar-refractivity contribution in [1.29, 1.82) is 0 Å². The number of anilines is 2. The van der Waals surface area contributed by atoms with Crippen LogP contribution in [0.5, 0.6) is 0 Å². The average molecular weight is 419 g/mol. The number of halogens is 2. The molecule has 1 heterocycles. The first kappa shape index (κ1) is 13.2. The maximum atomic E-state index is 11.9. The summed E-state index contributed by atoms with van der Waals surface area (Å²) in [6.45, 7) is 0. The highest BCUT2D eigenvalue weighted by atomic mass is 127. The van der Waals surface area contributed by atoms with Gasteiger partial charge in [0.05, 0.1) is 18.1 Å². The quantitative estimate of drug-likeness (QED) is 0.734. The van der Waals surface area contributed by atoms with Crippen molar-refractivity contribution in [3.05, 3.63) is 44.3 Å². The third-order valence-corrected chi connectivity index (χ3v) is 3.50. The highest BCUT2D eigenvalue weighted by Crippen LogP contribution is 2.23. The fraction of sp³-hybridized carbons (Fsp3) is 0. The normalized spacial score (nSPS) is 10.1. The van der Waals surface area contributed by atoms with Gasteiger partial charge in [0.1, 0.15) is 11.5 Å². The van der Waals surface area contributed by atoms with Gasteiger partial charge in [0.15, 0.2) is 0 Å². The zero-order chi connectivity index (χ0) is 13.1. The predicted molar refractivity (Wildman–Crippen MR) is 81.3 cm³/mol. The molecule has 5 nitrogen and oxygen atoms in total. The number of hydrogen-bond donors (Lipinski definition) is 2. The molecule has 0 atom stereocenters. The van der Waals surface area contributed by atoms with Gasteiger partial charge in [-0.25, -0.2) is 4.98 Å². The first-order valence-electron chi connectivity index (χ1n) is 4.90. The Labute approximate surface area is 125 Å². The minimum absolute atomic E-state index is 0.186. The summed E-state index contributed by atoms with van der Waals surface area (Å²) in [6, 6.07) is 5.61. The first-order chi connectivity index (χ1) is 8.56. The van der Waals surface area contributed by atoms with Gasteiger partial charge in [0.25, 0.3) is 5.91 Å². The van der Waals surface area contributed by atoms with Crippen LogP contribution in [0.2, 0.25) is 0 Å². The second kappa shape index (κ2) is 5.61. The number of rotatable bonds is 2. The number of amides is 1. The molecule has 18 heavy (non-hydrogen) atoms. The Morgan fingerprint density at radius 1 is 1.39 bits per heavy atom. The van der Waals surface area contributed by atoms with Crippen LogP contribution in [0.25, 0.3) is 0 Å². The Balaban J connectivity index is 2.24. The topological polar surface area (TPSA) is 80.9 Å². The zero-order valence-electron chi connectivity index (χ0n) is 9.02. The fourth-order valence-corrected chi connectivity index (χ4v) is 2.10. The Morgan fingerprint density at radius 2 is 2.17 bits per heavy atom. The second-order valence-corrected chi connectivity index (χ2v) is 5.49. The molecule has 0 bridgehead atoms. The molecule has 2 rings (SSSR count).